The largest absolute Gasteiger partial charge is 0.484 e. The lowest BCUT2D eigenvalue weighted by Gasteiger charge is -2.12. The Hall–Kier alpha value is -3.01. The Morgan fingerprint density at radius 1 is 1.19 bits per heavy atom. The van der Waals surface area contributed by atoms with Gasteiger partial charge in [-0.05, 0) is 36.4 Å². The zero-order chi connectivity index (χ0) is 19.3. The molecule has 0 aliphatic rings. The second-order valence-electron chi connectivity index (χ2n) is 4.90. The Labute approximate surface area is 149 Å². The van der Waals surface area contributed by atoms with Crippen molar-refractivity contribution in [3.8, 4) is 5.75 Å². The van der Waals surface area contributed by atoms with Gasteiger partial charge in [0.2, 0.25) is 0 Å². The van der Waals surface area contributed by atoms with Gasteiger partial charge in [0, 0.05) is 11.1 Å². The number of hydrogen-bond donors (Lipinski definition) is 2. The predicted molar refractivity (Wildman–Crippen MR) is 86.8 cm³/mol. The van der Waals surface area contributed by atoms with Gasteiger partial charge in [-0.2, -0.15) is 13.2 Å². The summed E-state index contributed by atoms with van der Waals surface area (Å²) < 4.78 is 43.0. The van der Waals surface area contributed by atoms with E-state index in [0.717, 1.165) is 6.07 Å². The number of halogens is 4. The number of amides is 1. The van der Waals surface area contributed by atoms with E-state index >= 15 is 0 Å². The number of hydrazine groups is 1. The summed E-state index contributed by atoms with van der Waals surface area (Å²) in [6.45, 7) is -0.428. The van der Waals surface area contributed by atoms with Gasteiger partial charge in [-0.3, -0.25) is 25.8 Å². The second kappa shape index (κ2) is 7.91. The van der Waals surface area contributed by atoms with Gasteiger partial charge in [0.1, 0.15) is 11.4 Å². The summed E-state index contributed by atoms with van der Waals surface area (Å²) in [7, 11) is 0. The number of rotatable bonds is 6. The monoisotopic (exact) mass is 389 g/mol. The number of benzene rings is 2. The SMILES string of the molecule is O=C(COc1ccc(Cl)cc1)NNc1ccc(C(F)(F)F)cc1[N+](=O)[O-]. The van der Waals surface area contributed by atoms with E-state index in [2.05, 4.69) is 10.9 Å². The Morgan fingerprint density at radius 2 is 1.85 bits per heavy atom. The van der Waals surface area contributed by atoms with E-state index < -0.39 is 34.9 Å². The molecule has 11 heteroatoms. The van der Waals surface area contributed by atoms with Crippen molar-refractivity contribution in [2.75, 3.05) is 12.0 Å². The predicted octanol–water partition coefficient (Wildman–Crippen LogP) is 3.79. The fourth-order valence-corrected chi connectivity index (χ4v) is 1.94. The molecule has 0 saturated heterocycles. The summed E-state index contributed by atoms with van der Waals surface area (Å²) in [5.41, 5.74) is 2.01. The molecule has 0 unspecified atom stereocenters. The van der Waals surface area contributed by atoms with Crippen molar-refractivity contribution in [3.05, 3.63) is 63.2 Å². The number of hydrogen-bond acceptors (Lipinski definition) is 5. The number of nitro benzene ring substituents is 1. The van der Waals surface area contributed by atoms with Crippen LogP contribution < -0.4 is 15.6 Å². The molecule has 138 valence electrons. The minimum Gasteiger partial charge on any atom is -0.484 e. The molecular formula is C15H11ClF3N3O4. The Morgan fingerprint density at radius 3 is 2.42 bits per heavy atom. The van der Waals surface area contributed by atoms with Crippen LogP contribution in [-0.4, -0.2) is 17.4 Å². The summed E-state index contributed by atoms with van der Waals surface area (Å²) in [5.74, 6) is -0.334. The molecule has 0 aromatic heterocycles. The molecule has 2 N–H and O–H groups in total. The van der Waals surface area contributed by atoms with Crippen LogP contribution >= 0.6 is 11.6 Å². The molecule has 0 radical (unpaired) electrons. The zero-order valence-corrected chi connectivity index (χ0v) is 13.6. The highest BCUT2D eigenvalue weighted by atomic mass is 35.5. The third kappa shape index (κ3) is 5.24. The lowest BCUT2D eigenvalue weighted by atomic mass is 10.1. The molecule has 0 aliphatic heterocycles. The van der Waals surface area contributed by atoms with Gasteiger partial charge in [0.25, 0.3) is 11.6 Å². The maximum atomic E-state index is 12.6. The van der Waals surface area contributed by atoms with Crippen molar-refractivity contribution in [1.29, 1.82) is 0 Å². The summed E-state index contributed by atoms with van der Waals surface area (Å²) in [4.78, 5) is 21.6. The number of nitrogens with zero attached hydrogens (tertiary/aromatic N) is 1. The average Bonchev–Trinajstić information content (AvgIpc) is 2.58. The fourth-order valence-electron chi connectivity index (χ4n) is 1.82. The molecule has 1 amide bonds. The molecule has 2 rings (SSSR count). The van der Waals surface area contributed by atoms with Crippen LogP contribution in [-0.2, 0) is 11.0 Å². The molecule has 0 atom stereocenters. The maximum absolute atomic E-state index is 12.6. The zero-order valence-electron chi connectivity index (χ0n) is 12.8. The first-order valence-electron chi connectivity index (χ1n) is 6.95. The van der Waals surface area contributed by atoms with E-state index in [0.29, 0.717) is 22.9 Å². The van der Waals surface area contributed by atoms with Crippen LogP contribution in [0, 0.1) is 10.1 Å². The average molecular weight is 390 g/mol. The van der Waals surface area contributed by atoms with Gasteiger partial charge in [0.15, 0.2) is 6.61 Å². The van der Waals surface area contributed by atoms with E-state index in [-0.39, 0.29) is 5.69 Å². The van der Waals surface area contributed by atoms with E-state index in [4.69, 9.17) is 16.3 Å². The number of alkyl halides is 3. The number of nitrogens with one attached hydrogen (secondary N) is 2. The van der Waals surface area contributed by atoms with Crippen LogP contribution in [0.1, 0.15) is 5.56 Å². The third-order valence-corrected chi connectivity index (χ3v) is 3.29. The maximum Gasteiger partial charge on any atom is 0.416 e. The van der Waals surface area contributed by atoms with Crippen molar-refractivity contribution in [2.45, 2.75) is 6.18 Å². The Kier molecular flexibility index (Phi) is 5.88. The summed E-state index contributed by atoms with van der Waals surface area (Å²) in [6, 6.07) is 8.05. The molecule has 26 heavy (non-hydrogen) atoms. The fraction of sp³-hybridized carbons (Fsp3) is 0.133. The van der Waals surface area contributed by atoms with Crippen molar-refractivity contribution in [3.63, 3.8) is 0 Å². The summed E-state index contributed by atoms with van der Waals surface area (Å²) in [5, 5.41) is 11.4. The van der Waals surface area contributed by atoms with Crippen LogP contribution in [0.5, 0.6) is 5.75 Å². The molecular weight excluding hydrogens is 379 g/mol. The summed E-state index contributed by atoms with van der Waals surface area (Å²) in [6.07, 6.45) is -4.72. The smallest absolute Gasteiger partial charge is 0.416 e. The highest BCUT2D eigenvalue weighted by Gasteiger charge is 2.33. The quantitative estimate of drug-likeness (QED) is 0.579. The number of anilines is 1. The van der Waals surface area contributed by atoms with Gasteiger partial charge in [0.05, 0.1) is 10.5 Å². The van der Waals surface area contributed by atoms with Crippen molar-refractivity contribution >= 4 is 28.9 Å². The number of ether oxygens (including phenoxy) is 1. The first kappa shape index (κ1) is 19.3. The van der Waals surface area contributed by atoms with Crippen molar-refractivity contribution in [2.24, 2.45) is 0 Å². The van der Waals surface area contributed by atoms with Crippen molar-refractivity contribution in [1.82, 2.24) is 5.43 Å². The molecule has 0 bridgehead atoms. The minimum atomic E-state index is -4.72. The Balaban J connectivity index is 1.98. The number of carbonyl (C=O) groups is 1. The van der Waals surface area contributed by atoms with Gasteiger partial charge < -0.3 is 4.74 Å². The lowest BCUT2D eigenvalue weighted by molar-refractivity contribution is -0.384. The molecule has 2 aromatic carbocycles. The first-order chi connectivity index (χ1) is 12.2. The third-order valence-electron chi connectivity index (χ3n) is 3.04. The highest BCUT2D eigenvalue weighted by Crippen LogP contribution is 2.34. The Bertz CT molecular complexity index is 813. The van der Waals surface area contributed by atoms with E-state index in [1.54, 1.807) is 12.1 Å². The molecule has 0 heterocycles. The van der Waals surface area contributed by atoms with Gasteiger partial charge in [-0.25, -0.2) is 0 Å². The van der Waals surface area contributed by atoms with E-state index in [1.807, 2.05) is 0 Å². The van der Waals surface area contributed by atoms with E-state index in [9.17, 15) is 28.1 Å². The van der Waals surface area contributed by atoms with Crippen LogP contribution in [0.15, 0.2) is 42.5 Å². The minimum absolute atomic E-state index is 0.303. The molecule has 0 aliphatic carbocycles. The van der Waals surface area contributed by atoms with Crippen LogP contribution in [0.4, 0.5) is 24.5 Å². The van der Waals surface area contributed by atoms with Crippen LogP contribution in [0.25, 0.3) is 0 Å². The molecule has 0 saturated carbocycles. The van der Waals surface area contributed by atoms with Crippen LogP contribution in [0.2, 0.25) is 5.02 Å². The van der Waals surface area contributed by atoms with Gasteiger partial charge >= 0.3 is 6.18 Å². The van der Waals surface area contributed by atoms with Gasteiger partial charge in [-0.15, -0.1) is 0 Å². The second-order valence-corrected chi connectivity index (χ2v) is 5.34. The molecule has 0 fully saturated rings. The molecule has 0 spiro atoms. The number of nitro groups is 1. The van der Waals surface area contributed by atoms with Gasteiger partial charge in [-0.1, -0.05) is 11.6 Å². The normalized spacial score (nSPS) is 10.9. The molecule has 2 aromatic rings. The first-order valence-corrected chi connectivity index (χ1v) is 7.33. The summed E-state index contributed by atoms with van der Waals surface area (Å²) >= 11 is 5.70. The topological polar surface area (TPSA) is 93.5 Å². The highest BCUT2D eigenvalue weighted by molar-refractivity contribution is 6.30. The lowest BCUT2D eigenvalue weighted by Crippen LogP contribution is -2.33. The van der Waals surface area contributed by atoms with E-state index in [1.165, 1.54) is 12.1 Å². The standard InChI is InChI=1S/C15H11ClF3N3O4/c16-10-2-4-11(5-3-10)26-8-14(23)21-20-12-6-1-9(15(17,18)19)7-13(12)22(24)25/h1-7,20H,8H2,(H,21,23). The molecule has 7 nitrogen and oxygen atoms in total. The number of carbonyl (C=O) groups excluding carboxylic acids is 1. The van der Waals surface area contributed by atoms with Crippen LogP contribution in [0.3, 0.4) is 0 Å². The van der Waals surface area contributed by atoms with Crippen molar-refractivity contribution < 1.29 is 27.6 Å².